The number of hydrogen-bond donors (Lipinski definition) is 1. The zero-order valence-corrected chi connectivity index (χ0v) is 11.6. The van der Waals surface area contributed by atoms with E-state index in [9.17, 15) is 0 Å². The van der Waals surface area contributed by atoms with E-state index in [1.807, 2.05) is 18.2 Å². The summed E-state index contributed by atoms with van der Waals surface area (Å²) in [5.41, 5.74) is 7.83. The maximum absolute atomic E-state index is 5.67. The molecule has 96 valence electrons. The van der Waals surface area contributed by atoms with Crippen LogP contribution in [0.25, 0.3) is 11.3 Å². The molecule has 2 N–H and O–H groups in total. The fourth-order valence-corrected chi connectivity index (χ4v) is 2.89. The molecule has 0 aliphatic carbocycles. The number of ether oxygens (including phenoxy) is 1. The minimum absolute atomic E-state index is 0.655. The highest BCUT2D eigenvalue weighted by molar-refractivity contribution is 7.12. The van der Waals surface area contributed by atoms with Crippen molar-refractivity contribution in [2.45, 2.75) is 19.8 Å². The summed E-state index contributed by atoms with van der Waals surface area (Å²) in [5, 5.41) is 1.16. The third kappa shape index (κ3) is 2.71. The number of hydrogen-bond acceptors (Lipinski definition) is 4. The molecular weight excluding hydrogens is 244 g/mol. The van der Waals surface area contributed by atoms with Gasteiger partial charge in [0.05, 0.1) is 17.8 Å². The summed E-state index contributed by atoms with van der Waals surface area (Å²) < 4.78 is 5.26. The molecule has 0 atom stereocenters. The number of nitrogens with two attached hydrogens (primary N) is 1. The normalized spacial score (nSPS) is 10.6. The number of rotatable bonds is 5. The number of nitrogens with zero attached hydrogens (tertiary/aromatic N) is 1. The molecule has 3 nitrogen and oxygen atoms in total. The SMILES string of the molecule is CCc1nc(-c2cccc(OC)c2)c(CCN)s1. The van der Waals surface area contributed by atoms with E-state index in [1.165, 1.54) is 4.88 Å². The largest absolute Gasteiger partial charge is 0.497 e. The third-order valence-electron chi connectivity index (χ3n) is 2.76. The minimum Gasteiger partial charge on any atom is -0.497 e. The van der Waals surface area contributed by atoms with Crippen molar-refractivity contribution < 1.29 is 4.74 Å². The van der Waals surface area contributed by atoms with Crippen molar-refractivity contribution in [2.24, 2.45) is 5.73 Å². The second kappa shape index (κ2) is 5.98. The van der Waals surface area contributed by atoms with Gasteiger partial charge in [-0.2, -0.15) is 0 Å². The average molecular weight is 262 g/mol. The van der Waals surface area contributed by atoms with Gasteiger partial charge in [-0.25, -0.2) is 4.98 Å². The van der Waals surface area contributed by atoms with Gasteiger partial charge in [-0.15, -0.1) is 11.3 Å². The summed E-state index contributed by atoms with van der Waals surface area (Å²) in [5.74, 6) is 0.859. The Morgan fingerprint density at radius 2 is 2.22 bits per heavy atom. The van der Waals surface area contributed by atoms with Gasteiger partial charge in [0.15, 0.2) is 0 Å². The molecule has 18 heavy (non-hydrogen) atoms. The maximum Gasteiger partial charge on any atom is 0.119 e. The Bertz CT molecular complexity index is 522. The van der Waals surface area contributed by atoms with Gasteiger partial charge in [-0.1, -0.05) is 19.1 Å². The van der Waals surface area contributed by atoms with Crippen LogP contribution in [0.3, 0.4) is 0 Å². The summed E-state index contributed by atoms with van der Waals surface area (Å²) in [6, 6.07) is 8.02. The van der Waals surface area contributed by atoms with Gasteiger partial charge in [-0.3, -0.25) is 0 Å². The van der Waals surface area contributed by atoms with E-state index in [2.05, 4.69) is 13.0 Å². The quantitative estimate of drug-likeness (QED) is 0.901. The molecule has 0 saturated carbocycles. The Morgan fingerprint density at radius 3 is 2.89 bits per heavy atom. The van der Waals surface area contributed by atoms with Crippen LogP contribution in [-0.2, 0) is 12.8 Å². The molecule has 0 aliphatic heterocycles. The predicted molar refractivity (Wildman–Crippen MR) is 76.2 cm³/mol. The fourth-order valence-electron chi connectivity index (χ4n) is 1.85. The molecular formula is C14H18N2OS. The standard InChI is InChI=1S/C14H18N2OS/c1-3-13-16-14(12(18-13)7-8-15)10-5-4-6-11(9-10)17-2/h4-6,9H,3,7-8,15H2,1-2H3. The average Bonchev–Trinajstić information content (AvgIpc) is 2.82. The van der Waals surface area contributed by atoms with Crippen LogP contribution in [0.5, 0.6) is 5.75 Å². The second-order valence-electron chi connectivity index (χ2n) is 4.00. The first kappa shape index (κ1) is 13.1. The number of benzene rings is 1. The highest BCUT2D eigenvalue weighted by Crippen LogP contribution is 2.30. The number of methoxy groups -OCH3 is 1. The summed E-state index contributed by atoms with van der Waals surface area (Å²) in [6.45, 7) is 2.78. The molecule has 0 saturated heterocycles. The van der Waals surface area contributed by atoms with E-state index in [0.29, 0.717) is 6.54 Å². The molecule has 0 spiro atoms. The Hall–Kier alpha value is -1.39. The highest BCUT2D eigenvalue weighted by Gasteiger charge is 2.12. The van der Waals surface area contributed by atoms with E-state index in [1.54, 1.807) is 18.4 Å². The molecule has 0 unspecified atom stereocenters. The van der Waals surface area contributed by atoms with Crippen molar-refractivity contribution in [1.82, 2.24) is 4.98 Å². The zero-order valence-electron chi connectivity index (χ0n) is 10.8. The second-order valence-corrected chi connectivity index (χ2v) is 5.17. The molecule has 2 rings (SSSR count). The summed E-state index contributed by atoms with van der Waals surface area (Å²) >= 11 is 1.76. The van der Waals surface area contributed by atoms with Crippen molar-refractivity contribution in [1.29, 1.82) is 0 Å². The molecule has 1 aromatic heterocycles. The molecule has 0 aliphatic rings. The Morgan fingerprint density at radius 1 is 1.39 bits per heavy atom. The van der Waals surface area contributed by atoms with Gasteiger partial charge >= 0.3 is 0 Å². The van der Waals surface area contributed by atoms with Crippen LogP contribution >= 0.6 is 11.3 Å². The van der Waals surface area contributed by atoms with Gasteiger partial charge < -0.3 is 10.5 Å². The molecule has 0 amide bonds. The Balaban J connectivity index is 2.44. The topological polar surface area (TPSA) is 48.1 Å². The van der Waals surface area contributed by atoms with Crippen LogP contribution in [0.4, 0.5) is 0 Å². The summed E-state index contributed by atoms with van der Waals surface area (Å²) in [7, 11) is 1.68. The molecule has 0 radical (unpaired) electrons. The van der Waals surface area contributed by atoms with Gasteiger partial charge in [0, 0.05) is 10.4 Å². The monoisotopic (exact) mass is 262 g/mol. The first-order chi connectivity index (χ1) is 8.78. The summed E-state index contributed by atoms with van der Waals surface area (Å²) in [4.78, 5) is 5.97. The van der Waals surface area contributed by atoms with Gasteiger partial charge in [-0.05, 0) is 31.5 Å². The van der Waals surface area contributed by atoms with Crippen molar-refractivity contribution in [3.05, 3.63) is 34.2 Å². The van der Waals surface area contributed by atoms with Gasteiger partial charge in [0.25, 0.3) is 0 Å². The molecule has 0 bridgehead atoms. The van der Waals surface area contributed by atoms with Crippen molar-refractivity contribution in [3.8, 4) is 17.0 Å². The van der Waals surface area contributed by atoms with E-state index >= 15 is 0 Å². The van der Waals surface area contributed by atoms with Crippen molar-refractivity contribution in [2.75, 3.05) is 13.7 Å². The molecule has 1 heterocycles. The van der Waals surface area contributed by atoms with Crippen LogP contribution < -0.4 is 10.5 Å². The lowest BCUT2D eigenvalue weighted by atomic mass is 10.1. The van der Waals surface area contributed by atoms with Crippen molar-refractivity contribution >= 4 is 11.3 Å². The lowest BCUT2D eigenvalue weighted by Crippen LogP contribution is -2.02. The van der Waals surface area contributed by atoms with Crippen LogP contribution in [0.1, 0.15) is 16.8 Å². The van der Waals surface area contributed by atoms with Gasteiger partial charge in [0.2, 0.25) is 0 Å². The first-order valence-electron chi connectivity index (χ1n) is 6.11. The van der Waals surface area contributed by atoms with Crippen LogP contribution in [0, 0.1) is 0 Å². The van der Waals surface area contributed by atoms with E-state index in [-0.39, 0.29) is 0 Å². The van der Waals surface area contributed by atoms with E-state index in [4.69, 9.17) is 15.5 Å². The summed E-state index contributed by atoms with van der Waals surface area (Å²) in [6.07, 6.45) is 1.84. The van der Waals surface area contributed by atoms with Crippen LogP contribution in [-0.4, -0.2) is 18.6 Å². The zero-order chi connectivity index (χ0) is 13.0. The van der Waals surface area contributed by atoms with Crippen LogP contribution in [0.15, 0.2) is 24.3 Å². The van der Waals surface area contributed by atoms with E-state index in [0.717, 1.165) is 34.9 Å². The molecule has 0 fully saturated rings. The van der Waals surface area contributed by atoms with E-state index < -0.39 is 0 Å². The number of aromatic nitrogens is 1. The molecule has 4 heteroatoms. The Kier molecular flexibility index (Phi) is 4.33. The smallest absolute Gasteiger partial charge is 0.119 e. The lowest BCUT2D eigenvalue weighted by Gasteiger charge is -2.04. The number of aryl methyl sites for hydroxylation is 1. The lowest BCUT2D eigenvalue weighted by molar-refractivity contribution is 0.415. The molecule has 2 aromatic rings. The van der Waals surface area contributed by atoms with Crippen LogP contribution in [0.2, 0.25) is 0 Å². The predicted octanol–water partition coefficient (Wildman–Crippen LogP) is 2.88. The Labute approximate surface area is 112 Å². The van der Waals surface area contributed by atoms with Crippen molar-refractivity contribution in [3.63, 3.8) is 0 Å². The first-order valence-corrected chi connectivity index (χ1v) is 6.93. The maximum atomic E-state index is 5.67. The molecule has 1 aromatic carbocycles. The third-order valence-corrected chi connectivity index (χ3v) is 4.02. The van der Waals surface area contributed by atoms with Gasteiger partial charge in [0.1, 0.15) is 5.75 Å². The fraction of sp³-hybridized carbons (Fsp3) is 0.357. The minimum atomic E-state index is 0.655. The highest BCUT2D eigenvalue weighted by atomic mass is 32.1. The number of thiazole rings is 1.